The number of hydrogen-bond acceptors (Lipinski definition) is 5. The maximum Gasteiger partial charge on any atom is 0.243 e. The van der Waals surface area contributed by atoms with Gasteiger partial charge in [0.15, 0.2) is 5.16 Å². The quantitative estimate of drug-likeness (QED) is 0.894. The molecule has 0 atom stereocenters. The molecule has 0 aliphatic carbocycles. The van der Waals surface area contributed by atoms with Crippen molar-refractivity contribution in [1.82, 2.24) is 14.8 Å². The third-order valence-electron chi connectivity index (χ3n) is 2.58. The molecule has 2 rings (SSSR count). The molecular weight excluding hydrogens is 274 g/mol. The maximum atomic E-state index is 11.8. The summed E-state index contributed by atoms with van der Waals surface area (Å²) in [7, 11) is 1.89. The Labute approximate surface area is 121 Å². The highest BCUT2D eigenvalue weighted by Crippen LogP contribution is 2.26. The molecule has 0 bridgehead atoms. The molecule has 0 aliphatic heterocycles. The molecule has 0 saturated carbocycles. The number of anilines is 1. The standard InChI is InChI=1S/C13H17N5OS/c1-13(2,14)11(19)16-9-4-6-10(7-5-9)20-12-17-15-8-18(12)3/h4-8H,14H2,1-3H3,(H,16,19). The highest BCUT2D eigenvalue weighted by Gasteiger charge is 2.21. The summed E-state index contributed by atoms with van der Waals surface area (Å²) in [4.78, 5) is 12.8. The van der Waals surface area contributed by atoms with Gasteiger partial charge in [0, 0.05) is 17.6 Å². The van der Waals surface area contributed by atoms with Gasteiger partial charge in [0.25, 0.3) is 0 Å². The van der Waals surface area contributed by atoms with Crippen LogP contribution in [0, 0.1) is 0 Å². The van der Waals surface area contributed by atoms with Crippen molar-refractivity contribution in [3.05, 3.63) is 30.6 Å². The first kappa shape index (κ1) is 14.5. The van der Waals surface area contributed by atoms with Gasteiger partial charge in [0.1, 0.15) is 6.33 Å². The van der Waals surface area contributed by atoms with Crippen LogP contribution in [0.4, 0.5) is 5.69 Å². The van der Waals surface area contributed by atoms with Crippen molar-refractivity contribution in [1.29, 1.82) is 0 Å². The van der Waals surface area contributed by atoms with E-state index in [1.165, 1.54) is 11.8 Å². The van der Waals surface area contributed by atoms with E-state index >= 15 is 0 Å². The van der Waals surface area contributed by atoms with Crippen LogP contribution in [-0.2, 0) is 11.8 Å². The predicted molar refractivity (Wildman–Crippen MR) is 78.5 cm³/mol. The fraction of sp³-hybridized carbons (Fsp3) is 0.308. The van der Waals surface area contributed by atoms with Crippen molar-refractivity contribution in [2.24, 2.45) is 12.8 Å². The molecule has 2 aromatic rings. The van der Waals surface area contributed by atoms with Crippen LogP contribution in [0.5, 0.6) is 0 Å². The molecule has 0 radical (unpaired) electrons. The first-order valence-corrected chi connectivity index (χ1v) is 6.90. The monoisotopic (exact) mass is 291 g/mol. The molecule has 7 heteroatoms. The summed E-state index contributed by atoms with van der Waals surface area (Å²) in [5.41, 5.74) is 5.55. The fourth-order valence-corrected chi connectivity index (χ4v) is 2.13. The molecule has 3 N–H and O–H groups in total. The van der Waals surface area contributed by atoms with Crippen molar-refractivity contribution in [2.75, 3.05) is 5.32 Å². The summed E-state index contributed by atoms with van der Waals surface area (Å²) >= 11 is 1.51. The van der Waals surface area contributed by atoms with Gasteiger partial charge < -0.3 is 15.6 Å². The Kier molecular flexibility index (Phi) is 4.10. The van der Waals surface area contributed by atoms with Crippen molar-refractivity contribution in [2.45, 2.75) is 29.4 Å². The average Bonchev–Trinajstić information content (AvgIpc) is 2.76. The zero-order chi connectivity index (χ0) is 14.8. The Morgan fingerprint density at radius 3 is 2.50 bits per heavy atom. The Balaban J connectivity index is 2.04. The lowest BCUT2D eigenvalue weighted by atomic mass is 10.1. The number of rotatable bonds is 4. The number of benzene rings is 1. The molecule has 1 aromatic carbocycles. The molecule has 6 nitrogen and oxygen atoms in total. The van der Waals surface area contributed by atoms with Gasteiger partial charge in [-0.1, -0.05) is 0 Å². The summed E-state index contributed by atoms with van der Waals surface area (Å²) in [6.07, 6.45) is 1.65. The van der Waals surface area contributed by atoms with Gasteiger partial charge in [-0.15, -0.1) is 10.2 Å². The van der Waals surface area contributed by atoms with E-state index in [9.17, 15) is 4.79 Å². The molecule has 0 fully saturated rings. The third-order valence-corrected chi connectivity index (χ3v) is 3.64. The minimum absolute atomic E-state index is 0.216. The van der Waals surface area contributed by atoms with Crippen LogP contribution in [0.1, 0.15) is 13.8 Å². The summed E-state index contributed by atoms with van der Waals surface area (Å²) in [6, 6.07) is 7.50. The largest absolute Gasteiger partial charge is 0.325 e. The van der Waals surface area contributed by atoms with Gasteiger partial charge in [-0.2, -0.15) is 0 Å². The van der Waals surface area contributed by atoms with E-state index in [1.54, 1.807) is 20.2 Å². The van der Waals surface area contributed by atoms with E-state index < -0.39 is 5.54 Å². The predicted octanol–water partition coefficient (Wildman–Crippen LogP) is 1.64. The maximum absolute atomic E-state index is 11.8. The molecule has 106 valence electrons. The lowest BCUT2D eigenvalue weighted by molar-refractivity contribution is -0.120. The Bertz CT molecular complexity index is 600. The van der Waals surface area contributed by atoms with Crippen molar-refractivity contribution >= 4 is 23.4 Å². The molecule has 0 unspecified atom stereocenters. The molecule has 0 aliphatic rings. The van der Waals surface area contributed by atoms with Crippen LogP contribution in [0.15, 0.2) is 40.6 Å². The highest BCUT2D eigenvalue weighted by atomic mass is 32.2. The second-order valence-corrected chi connectivity index (χ2v) is 6.07. The summed E-state index contributed by atoms with van der Waals surface area (Å²) in [5.74, 6) is -0.216. The van der Waals surface area contributed by atoms with Crippen molar-refractivity contribution in [3.63, 3.8) is 0 Å². The van der Waals surface area contributed by atoms with E-state index in [0.29, 0.717) is 0 Å². The van der Waals surface area contributed by atoms with Gasteiger partial charge in [-0.3, -0.25) is 4.79 Å². The second-order valence-electron chi connectivity index (χ2n) is 5.03. The molecule has 1 heterocycles. The lowest BCUT2D eigenvalue weighted by Crippen LogP contribution is -2.45. The molecule has 20 heavy (non-hydrogen) atoms. The Hall–Kier alpha value is -1.86. The molecule has 0 spiro atoms. The number of hydrogen-bond donors (Lipinski definition) is 2. The second kappa shape index (κ2) is 5.64. The summed E-state index contributed by atoms with van der Waals surface area (Å²) in [6.45, 7) is 3.33. The topological polar surface area (TPSA) is 85.8 Å². The van der Waals surface area contributed by atoms with Crippen LogP contribution >= 0.6 is 11.8 Å². The number of carbonyl (C=O) groups is 1. The van der Waals surface area contributed by atoms with Gasteiger partial charge in [-0.05, 0) is 49.9 Å². The first-order chi connectivity index (χ1) is 9.36. The van der Waals surface area contributed by atoms with Crippen LogP contribution in [0.25, 0.3) is 0 Å². The number of aryl methyl sites for hydroxylation is 1. The molecule has 0 saturated heterocycles. The number of nitrogens with two attached hydrogens (primary N) is 1. The smallest absolute Gasteiger partial charge is 0.243 e. The van der Waals surface area contributed by atoms with Gasteiger partial charge in [-0.25, -0.2) is 0 Å². The Morgan fingerprint density at radius 2 is 2.00 bits per heavy atom. The van der Waals surface area contributed by atoms with E-state index in [0.717, 1.165) is 15.7 Å². The minimum Gasteiger partial charge on any atom is -0.325 e. The van der Waals surface area contributed by atoms with Crippen LogP contribution < -0.4 is 11.1 Å². The zero-order valence-corrected chi connectivity index (χ0v) is 12.4. The molecular formula is C13H17N5OS. The summed E-state index contributed by atoms with van der Waals surface area (Å²) in [5, 5.41) is 11.4. The highest BCUT2D eigenvalue weighted by molar-refractivity contribution is 7.99. The van der Waals surface area contributed by atoms with Crippen LogP contribution in [0.2, 0.25) is 0 Å². The van der Waals surface area contributed by atoms with E-state index in [2.05, 4.69) is 15.5 Å². The van der Waals surface area contributed by atoms with Gasteiger partial charge in [0.2, 0.25) is 5.91 Å². The fourth-order valence-electron chi connectivity index (χ4n) is 1.37. The van der Waals surface area contributed by atoms with E-state index in [-0.39, 0.29) is 5.91 Å². The number of nitrogens with one attached hydrogen (secondary N) is 1. The number of carbonyl (C=O) groups excluding carboxylic acids is 1. The van der Waals surface area contributed by atoms with E-state index in [1.807, 2.05) is 35.9 Å². The molecule has 1 aromatic heterocycles. The number of aromatic nitrogens is 3. The first-order valence-electron chi connectivity index (χ1n) is 6.08. The minimum atomic E-state index is -0.897. The van der Waals surface area contributed by atoms with Crippen molar-refractivity contribution in [3.8, 4) is 0 Å². The average molecular weight is 291 g/mol. The van der Waals surface area contributed by atoms with Crippen molar-refractivity contribution < 1.29 is 4.79 Å². The van der Waals surface area contributed by atoms with Gasteiger partial charge in [0.05, 0.1) is 5.54 Å². The van der Waals surface area contributed by atoms with Crippen LogP contribution in [0.3, 0.4) is 0 Å². The third kappa shape index (κ3) is 3.58. The van der Waals surface area contributed by atoms with Gasteiger partial charge >= 0.3 is 0 Å². The zero-order valence-electron chi connectivity index (χ0n) is 11.6. The number of nitrogens with zero attached hydrogens (tertiary/aromatic N) is 3. The SMILES string of the molecule is Cn1cnnc1Sc1ccc(NC(=O)C(C)(C)N)cc1. The number of amides is 1. The molecule has 1 amide bonds. The Morgan fingerprint density at radius 1 is 1.35 bits per heavy atom. The lowest BCUT2D eigenvalue weighted by Gasteiger charge is -2.17. The summed E-state index contributed by atoms with van der Waals surface area (Å²) < 4.78 is 1.84. The van der Waals surface area contributed by atoms with Crippen LogP contribution in [-0.4, -0.2) is 26.2 Å². The van der Waals surface area contributed by atoms with E-state index in [4.69, 9.17) is 5.73 Å². The normalized spacial score (nSPS) is 11.4.